The molecule has 0 radical (unpaired) electrons. The van der Waals surface area contributed by atoms with Crippen molar-refractivity contribution < 1.29 is 23.1 Å². The van der Waals surface area contributed by atoms with Crippen molar-refractivity contribution in [3.63, 3.8) is 0 Å². The molecule has 2 rings (SSSR count). The zero-order valence-corrected chi connectivity index (χ0v) is 18.3. The van der Waals surface area contributed by atoms with E-state index in [0.29, 0.717) is 32.4 Å². The molecular formula is C19H35N3O5S. The molecule has 9 heteroatoms. The molecule has 0 bridgehead atoms. The molecule has 2 aliphatic rings. The Morgan fingerprint density at radius 1 is 1.04 bits per heavy atom. The van der Waals surface area contributed by atoms with E-state index in [1.54, 1.807) is 13.8 Å². The Morgan fingerprint density at radius 2 is 1.64 bits per heavy atom. The van der Waals surface area contributed by atoms with Gasteiger partial charge in [0, 0.05) is 26.1 Å². The zero-order chi connectivity index (χ0) is 21.1. The van der Waals surface area contributed by atoms with E-state index in [2.05, 4.69) is 0 Å². The number of carboxylic acids is 1. The maximum atomic E-state index is 13.1. The first-order chi connectivity index (χ1) is 13.1. The number of rotatable bonds is 6. The second kappa shape index (κ2) is 9.54. The lowest BCUT2D eigenvalue weighted by molar-refractivity contribution is -0.153. The van der Waals surface area contributed by atoms with Crippen LogP contribution < -0.4 is 0 Å². The first-order valence-electron chi connectivity index (χ1n) is 10.3. The van der Waals surface area contributed by atoms with Gasteiger partial charge in [0.15, 0.2) is 0 Å². The lowest BCUT2D eigenvalue weighted by Gasteiger charge is -2.37. The maximum absolute atomic E-state index is 13.1. The molecule has 28 heavy (non-hydrogen) atoms. The first kappa shape index (κ1) is 23.1. The van der Waals surface area contributed by atoms with E-state index in [1.165, 1.54) is 16.3 Å². The molecule has 1 N–H and O–H groups in total. The van der Waals surface area contributed by atoms with Crippen LogP contribution in [0.2, 0.25) is 0 Å². The van der Waals surface area contributed by atoms with Gasteiger partial charge in [-0.3, -0.25) is 9.69 Å². The SMILES string of the molecule is CC(C)C(C(=O)O)N(C)C(=O)C1CCN(S(=O)(=O)[C@@H]2CCCCCN2C)CC1. The summed E-state index contributed by atoms with van der Waals surface area (Å²) in [4.78, 5) is 27.5. The molecule has 0 aromatic heterocycles. The van der Waals surface area contributed by atoms with Crippen LogP contribution in [0.15, 0.2) is 0 Å². The third kappa shape index (κ3) is 5.04. The highest BCUT2D eigenvalue weighted by atomic mass is 32.2. The molecule has 162 valence electrons. The second-order valence-electron chi connectivity index (χ2n) is 8.48. The highest BCUT2D eigenvalue weighted by Gasteiger charge is 2.40. The van der Waals surface area contributed by atoms with Gasteiger partial charge < -0.3 is 10.0 Å². The van der Waals surface area contributed by atoms with Gasteiger partial charge in [0.25, 0.3) is 0 Å². The molecule has 2 saturated heterocycles. The Bertz CT molecular complexity index is 658. The number of likely N-dealkylation sites (tertiary alicyclic amines) is 1. The number of hydrogen-bond acceptors (Lipinski definition) is 5. The van der Waals surface area contributed by atoms with Crippen molar-refractivity contribution in [3.05, 3.63) is 0 Å². The number of likely N-dealkylation sites (N-methyl/N-ethyl adjacent to an activating group) is 1. The van der Waals surface area contributed by atoms with E-state index < -0.39 is 27.4 Å². The molecule has 0 aromatic rings. The predicted octanol–water partition coefficient (Wildman–Crippen LogP) is 1.43. The number of amides is 1. The number of sulfonamides is 1. The molecular weight excluding hydrogens is 382 g/mol. The smallest absolute Gasteiger partial charge is 0.326 e. The van der Waals surface area contributed by atoms with E-state index in [-0.39, 0.29) is 17.7 Å². The van der Waals surface area contributed by atoms with E-state index in [0.717, 1.165) is 25.8 Å². The van der Waals surface area contributed by atoms with Gasteiger partial charge in [-0.05, 0) is 45.2 Å². The molecule has 8 nitrogen and oxygen atoms in total. The highest BCUT2D eigenvalue weighted by Crippen LogP contribution is 2.28. The Hall–Kier alpha value is -1.19. The van der Waals surface area contributed by atoms with Gasteiger partial charge in [0.2, 0.25) is 15.9 Å². The van der Waals surface area contributed by atoms with Crippen LogP contribution in [0.3, 0.4) is 0 Å². The number of carboxylic acid groups (broad SMARTS) is 1. The van der Waals surface area contributed by atoms with Crippen molar-refractivity contribution in [2.75, 3.05) is 33.7 Å². The zero-order valence-electron chi connectivity index (χ0n) is 17.5. The molecule has 2 aliphatic heterocycles. The minimum absolute atomic E-state index is 0.197. The molecule has 1 unspecified atom stereocenters. The van der Waals surface area contributed by atoms with Gasteiger partial charge in [-0.15, -0.1) is 0 Å². The Labute approximate surface area is 168 Å². The van der Waals surface area contributed by atoms with Crippen LogP contribution in [0, 0.1) is 11.8 Å². The van der Waals surface area contributed by atoms with Crippen LogP contribution in [0.5, 0.6) is 0 Å². The third-order valence-electron chi connectivity index (χ3n) is 6.11. The van der Waals surface area contributed by atoms with E-state index in [9.17, 15) is 23.1 Å². The van der Waals surface area contributed by atoms with Crippen LogP contribution in [0.4, 0.5) is 0 Å². The van der Waals surface area contributed by atoms with Gasteiger partial charge >= 0.3 is 5.97 Å². The molecule has 1 amide bonds. The summed E-state index contributed by atoms with van der Waals surface area (Å²) in [5, 5.41) is 8.93. The monoisotopic (exact) mass is 417 g/mol. The number of carbonyl (C=O) groups is 2. The molecule has 0 spiro atoms. The van der Waals surface area contributed by atoms with E-state index >= 15 is 0 Å². The third-order valence-corrected chi connectivity index (χ3v) is 8.48. The largest absolute Gasteiger partial charge is 0.480 e. The lowest BCUT2D eigenvalue weighted by Crippen LogP contribution is -2.52. The van der Waals surface area contributed by atoms with Crippen molar-refractivity contribution in [2.24, 2.45) is 11.8 Å². The number of hydrogen-bond donors (Lipinski definition) is 1. The summed E-state index contributed by atoms with van der Waals surface area (Å²) in [6.45, 7) is 4.98. The average molecular weight is 418 g/mol. The van der Waals surface area contributed by atoms with Crippen molar-refractivity contribution in [2.45, 2.75) is 63.8 Å². The molecule has 0 saturated carbocycles. The molecule has 2 fully saturated rings. The van der Waals surface area contributed by atoms with Crippen molar-refractivity contribution in [3.8, 4) is 0 Å². The highest BCUT2D eigenvalue weighted by molar-refractivity contribution is 7.89. The van der Waals surface area contributed by atoms with E-state index in [4.69, 9.17) is 0 Å². The standard InChI is InChI=1S/C19H35N3O5S/c1-14(2)17(19(24)25)21(4)18(23)15-9-12-22(13-10-15)28(26,27)16-8-6-5-7-11-20(16)3/h14-17H,5-13H2,1-4H3,(H,24,25)/t16-,17?/m1/s1. The van der Waals surface area contributed by atoms with Gasteiger partial charge in [-0.2, -0.15) is 0 Å². The fraction of sp³-hybridized carbons (Fsp3) is 0.895. The van der Waals surface area contributed by atoms with Gasteiger partial charge in [0.05, 0.1) is 0 Å². The Kier molecular flexibility index (Phi) is 7.87. The van der Waals surface area contributed by atoms with Crippen LogP contribution in [-0.2, 0) is 19.6 Å². The van der Waals surface area contributed by atoms with Crippen LogP contribution >= 0.6 is 0 Å². The molecule has 0 aliphatic carbocycles. The quantitative estimate of drug-likeness (QED) is 0.702. The topological polar surface area (TPSA) is 98.2 Å². The number of nitrogens with zero attached hydrogens (tertiary/aromatic N) is 3. The number of carbonyl (C=O) groups excluding carboxylic acids is 1. The predicted molar refractivity (Wildman–Crippen MR) is 107 cm³/mol. The summed E-state index contributed by atoms with van der Waals surface area (Å²) >= 11 is 0. The molecule has 2 heterocycles. The molecule has 2 atom stereocenters. The fourth-order valence-electron chi connectivity index (χ4n) is 4.45. The van der Waals surface area contributed by atoms with Crippen LogP contribution in [-0.4, -0.2) is 84.7 Å². The Balaban J connectivity index is 2.01. The Morgan fingerprint density at radius 3 is 2.18 bits per heavy atom. The summed E-state index contributed by atoms with van der Waals surface area (Å²) in [5.74, 6) is -1.74. The average Bonchev–Trinajstić information content (AvgIpc) is 2.85. The molecule has 0 aromatic carbocycles. The van der Waals surface area contributed by atoms with Gasteiger partial charge in [-0.1, -0.05) is 26.7 Å². The van der Waals surface area contributed by atoms with Crippen LogP contribution in [0.1, 0.15) is 52.4 Å². The van der Waals surface area contributed by atoms with Crippen molar-refractivity contribution >= 4 is 21.9 Å². The normalized spacial score (nSPS) is 24.7. The van der Waals surface area contributed by atoms with Gasteiger partial charge in [-0.25, -0.2) is 17.5 Å². The summed E-state index contributed by atoms with van der Waals surface area (Å²) in [5.41, 5.74) is 0. The minimum atomic E-state index is -3.43. The van der Waals surface area contributed by atoms with Crippen molar-refractivity contribution in [1.82, 2.24) is 14.1 Å². The maximum Gasteiger partial charge on any atom is 0.326 e. The summed E-state index contributed by atoms with van der Waals surface area (Å²) < 4.78 is 27.8. The number of piperidine rings is 1. The van der Waals surface area contributed by atoms with Crippen LogP contribution in [0.25, 0.3) is 0 Å². The van der Waals surface area contributed by atoms with Crippen molar-refractivity contribution in [1.29, 1.82) is 0 Å². The van der Waals surface area contributed by atoms with E-state index in [1.807, 2.05) is 11.9 Å². The van der Waals surface area contributed by atoms with Gasteiger partial charge in [0.1, 0.15) is 11.4 Å². The summed E-state index contributed by atoms with van der Waals surface area (Å²) in [6.07, 6.45) is 4.51. The summed E-state index contributed by atoms with van der Waals surface area (Å²) in [7, 11) is -0.0257. The second-order valence-corrected chi connectivity index (χ2v) is 10.6. The lowest BCUT2D eigenvalue weighted by atomic mass is 9.94. The summed E-state index contributed by atoms with van der Waals surface area (Å²) in [6, 6.07) is -0.867. The minimum Gasteiger partial charge on any atom is -0.480 e. The number of aliphatic carboxylic acids is 1. The fourth-order valence-corrected chi connectivity index (χ4v) is 6.54. The first-order valence-corrected chi connectivity index (χ1v) is 11.8.